The molecule has 0 saturated heterocycles. The van der Waals surface area contributed by atoms with E-state index in [9.17, 15) is 4.79 Å². The zero-order valence-corrected chi connectivity index (χ0v) is 15.4. The predicted octanol–water partition coefficient (Wildman–Crippen LogP) is 4.23. The van der Waals surface area contributed by atoms with Crippen molar-refractivity contribution >= 4 is 21.8 Å². The van der Waals surface area contributed by atoms with Crippen LogP contribution in [0.5, 0.6) is 0 Å². The first-order chi connectivity index (χ1) is 10.9. The Morgan fingerprint density at radius 2 is 2.09 bits per heavy atom. The number of nitrogens with zero attached hydrogens (tertiary/aromatic N) is 3. The van der Waals surface area contributed by atoms with E-state index in [0.717, 1.165) is 21.5 Å². The molecule has 1 aromatic carbocycles. The number of halogens is 1. The first kappa shape index (κ1) is 17.3. The van der Waals surface area contributed by atoms with E-state index in [2.05, 4.69) is 26.6 Å². The van der Waals surface area contributed by atoms with E-state index in [0.29, 0.717) is 12.0 Å². The Kier molecular flexibility index (Phi) is 5.27. The summed E-state index contributed by atoms with van der Waals surface area (Å²) in [5.41, 5.74) is 3.60. The molecule has 4 nitrogen and oxygen atoms in total. The van der Waals surface area contributed by atoms with Gasteiger partial charge in [-0.25, -0.2) is 0 Å². The molecule has 1 atom stereocenters. The van der Waals surface area contributed by atoms with E-state index in [1.165, 1.54) is 0 Å². The molecule has 5 heteroatoms. The van der Waals surface area contributed by atoms with Crippen molar-refractivity contribution in [2.75, 3.05) is 7.05 Å². The second-order valence-corrected chi connectivity index (χ2v) is 6.64. The third kappa shape index (κ3) is 3.48. The molecule has 0 aliphatic heterocycles. The fraction of sp³-hybridized carbons (Fsp3) is 0.333. The molecule has 2 aromatic rings. The number of aryl methyl sites for hydroxylation is 1. The van der Waals surface area contributed by atoms with E-state index in [4.69, 9.17) is 5.26 Å². The number of carbonyl (C=O) groups excluding carboxylic acids is 1. The van der Waals surface area contributed by atoms with Crippen molar-refractivity contribution in [3.63, 3.8) is 0 Å². The molecular formula is C18H20BrN3O. The highest BCUT2D eigenvalue weighted by Crippen LogP contribution is 2.24. The van der Waals surface area contributed by atoms with Crippen LogP contribution in [0.15, 0.2) is 34.8 Å². The third-order valence-electron chi connectivity index (χ3n) is 4.10. The lowest BCUT2D eigenvalue weighted by Crippen LogP contribution is -2.35. The summed E-state index contributed by atoms with van der Waals surface area (Å²) < 4.78 is 3.07. The number of amides is 1. The highest BCUT2D eigenvalue weighted by Gasteiger charge is 2.22. The molecule has 0 aliphatic rings. The molecule has 1 aromatic heterocycles. The van der Waals surface area contributed by atoms with Crippen molar-refractivity contribution in [3.05, 3.63) is 51.8 Å². The van der Waals surface area contributed by atoms with Crippen LogP contribution in [0.3, 0.4) is 0 Å². The summed E-state index contributed by atoms with van der Waals surface area (Å²) in [6, 6.07) is 11.9. The molecule has 0 saturated carbocycles. The second-order valence-electron chi connectivity index (χ2n) is 5.73. The minimum atomic E-state index is -0.110. The van der Waals surface area contributed by atoms with Crippen LogP contribution in [0, 0.1) is 25.2 Å². The van der Waals surface area contributed by atoms with Crippen LogP contribution in [0.1, 0.15) is 35.1 Å². The first-order valence-electron chi connectivity index (χ1n) is 7.45. The zero-order valence-electron chi connectivity index (χ0n) is 13.8. The van der Waals surface area contributed by atoms with Crippen LogP contribution < -0.4 is 0 Å². The largest absolute Gasteiger partial charge is 0.338 e. The number of hydrogen-bond donors (Lipinski definition) is 0. The average molecular weight is 374 g/mol. The molecule has 23 heavy (non-hydrogen) atoms. The van der Waals surface area contributed by atoms with E-state index in [-0.39, 0.29) is 11.9 Å². The van der Waals surface area contributed by atoms with Crippen LogP contribution in [0.2, 0.25) is 0 Å². The van der Waals surface area contributed by atoms with Crippen LogP contribution in [-0.2, 0) is 0 Å². The van der Waals surface area contributed by atoms with E-state index >= 15 is 0 Å². The van der Waals surface area contributed by atoms with Gasteiger partial charge in [0, 0.05) is 34.6 Å². The molecule has 0 N–H and O–H groups in total. The van der Waals surface area contributed by atoms with Crippen LogP contribution in [-0.4, -0.2) is 28.5 Å². The number of hydrogen-bond acceptors (Lipinski definition) is 2. The molecule has 1 heterocycles. The maximum Gasteiger partial charge on any atom is 0.255 e. The Bertz CT molecular complexity index is 773. The van der Waals surface area contributed by atoms with E-state index in [1.807, 2.05) is 51.1 Å². The van der Waals surface area contributed by atoms with Crippen molar-refractivity contribution < 1.29 is 4.79 Å². The van der Waals surface area contributed by atoms with Crippen LogP contribution >= 0.6 is 15.9 Å². The van der Waals surface area contributed by atoms with Crippen molar-refractivity contribution in [3.8, 4) is 11.8 Å². The Balaban J connectivity index is 2.42. The van der Waals surface area contributed by atoms with Gasteiger partial charge in [-0.3, -0.25) is 4.79 Å². The number of rotatable bonds is 4. The summed E-state index contributed by atoms with van der Waals surface area (Å²) in [7, 11) is 1.75. The zero-order chi connectivity index (χ0) is 17.1. The second kappa shape index (κ2) is 7.01. The van der Waals surface area contributed by atoms with Gasteiger partial charge in [0.1, 0.15) is 0 Å². The van der Waals surface area contributed by atoms with Gasteiger partial charge in [0.05, 0.1) is 18.1 Å². The summed E-state index contributed by atoms with van der Waals surface area (Å²) in [6.45, 7) is 5.82. The van der Waals surface area contributed by atoms with Crippen LogP contribution in [0.4, 0.5) is 0 Å². The smallest absolute Gasteiger partial charge is 0.255 e. The van der Waals surface area contributed by atoms with E-state index < -0.39 is 0 Å². The van der Waals surface area contributed by atoms with Gasteiger partial charge in [0.25, 0.3) is 5.91 Å². The summed E-state index contributed by atoms with van der Waals surface area (Å²) in [6.07, 6.45) is 0.326. The van der Waals surface area contributed by atoms with Gasteiger partial charge in [0.2, 0.25) is 0 Å². The Morgan fingerprint density at radius 3 is 2.70 bits per heavy atom. The molecule has 0 spiro atoms. The third-order valence-corrected chi connectivity index (χ3v) is 4.59. The Hall–Kier alpha value is -2.06. The number of nitriles is 1. The average Bonchev–Trinajstić information content (AvgIpc) is 2.80. The van der Waals surface area contributed by atoms with Gasteiger partial charge in [-0.2, -0.15) is 5.26 Å². The highest BCUT2D eigenvalue weighted by atomic mass is 79.9. The quantitative estimate of drug-likeness (QED) is 0.804. The van der Waals surface area contributed by atoms with Crippen molar-refractivity contribution in [2.45, 2.75) is 33.2 Å². The fourth-order valence-electron chi connectivity index (χ4n) is 2.65. The standard InChI is InChI=1S/C18H20BrN3O/c1-12(8-9-20)21(4)18(23)17-10-13(2)22(14(17)3)16-7-5-6-15(19)11-16/h5-7,10-12H,8H2,1-4H3. The van der Waals surface area contributed by atoms with Gasteiger partial charge in [0.15, 0.2) is 0 Å². The molecule has 120 valence electrons. The molecule has 0 bridgehead atoms. The van der Waals surface area contributed by atoms with Crippen molar-refractivity contribution in [1.29, 1.82) is 5.26 Å². The van der Waals surface area contributed by atoms with Gasteiger partial charge in [-0.05, 0) is 45.0 Å². The molecule has 0 fully saturated rings. The fourth-order valence-corrected chi connectivity index (χ4v) is 3.04. The molecule has 1 amide bonds. The van der Waals surface area contributed by atoms with Crippen molar-refractivity contribution in [2.24, 2.45) is 0 Å². The van der Waals surface area contributed by atoms with Crippen molar-refractivity contribution in [1.82, 2.24) is 9.47 Å². The summed E-state index contributed by atoms with van der Waals surface area (Å²) in [5.74, 6) is -0.0536. The molecular weight excluding hydrogens is 354 g/mol. The van der Waals surface area contributed by atoms with Gasteiger partial charge in [-0.15, -0.1) is 0 Å². The SMILES string of the molecule is Cc1cc(C(=O)N(C)C(C)CC#N)c(C)n1-c1cccc(Br)c1. The number of benzene rings is 1. The number of carbonyl (C=O) groups is 1. The summed E-state index contributed by atoms with van der Waals surface area (Å²) in [4.78, 5) is 14.4. The number of aromatic nitrogens is 1. The first-order valence-corrected chi connectivity index (χ1v) is 8.25. The molecule has 2 rings (SSSR count). The van der Waals surface area contributed by atoms with Crippen LogP contribution in [0.25, 0.3) is 5.69 Å². The van der Waals surface area contributed by atoms with Gasteiger partial charge < -0.3 is 9.47 Å². The normalized spacial score (nSPS) is 11.8. The lowest BCUT2D eigenvalue weighted by atomic mass is 10.1. The maximum atomic E-state index is 12.7. The molecule has 1 unspecified atom stereocenters. The lowest BCUT2D eigenvalue weighted by Gasteiger charge is -2.23. The van der Waals surface area contributed by atoms with Gasteiger partial charge >= 0.3 is 0 Å². The Labute approximate surface area is 145 Å². The summed E-state index contributed by atoms with van der Waals surface area (Å²) in [5, 5.41) is 8.82. The predicted molar refractivity (Wildman–Crippen MR) is 94.7 cm³/mol. The minimum absolute atomic E-state index is 0.0536. The molecule has 0 aliphatic carbocycles. The highest BCUT2D eigenvalue weighted by molar-refractivity contribution is 9.10. The Morgan fingerprint density at radius 1 is 1.39 bits per heavy atom. The topological polar surface area (TPSA) is 49.0 Å². The molecule has 0 radical (unpaired) electrons. The summed E-state index contributed by atoms with van der Waals surface area (Å²) >= 11 is 3.48. The minimum Gasteiger partial charge on any atom is -0.338 e. The maximum absolute atomic E-state index is 12.7. The van der Waals surface area contributed by atoms with Gasteiger partial charge in [-0.1, -0.05) is 22.0 Å². The lowest BCUT2D eigenvalue weighted by molar-refractivity contribution is 0.0745. The monoisotopic (exact) mass is 373 g/mol. The van der Waals surface area contributed by atoms with E-state index in [1.54, 1.807) is 11.9 Å².